The first-order chi connectivity index (χ1) is 14.4. The van der Waals surface area contributed by atoms with Gasteiger partial charge in [0, 0.05) is 29.2 Å². The van der Waals surface area contributed by atoms with Gasteiger partial charge in [0.2, 0.25) is 5.78 Å². The third kappa shape index (κ3) is 4.76. The lowest BCUT2D eigenvalue weighted by Gasteiger charge is -2.10. The summed E-state index contributed by atoms with van der Waals surface area (Å²) in [5.74, 6) is -0.500. The molecule has 2 aromatic carbocycles. The lowest BCUT2D eigenvalue weighted by Crippen LogP contribution is -2.16. The first kappa shape index (κ1) is 21.7. The van der Waals surface area contributed by atoms with E-state index in [1.165, 1.54) is 0 Å². The first-order valence-corrected chi connectivity index (χ1v) is 11.1. The molecule has 1 aromatic heterocycles. The van der Waals surface area contributed by atoms with Gasteiger partial charge in [-0.1, -0.05) is 49.4 Å². The molecule has 0 amide bonds. The number of Topliss-reactive ketones (excluding diaryl/α,β-unsaturated/α-hetero) is 1. The molecular weight excluding hydrogens is 398 g/mol. The van der Waals surface area contributed by atoms with E-state index >= 15 is 0 Å². The second kappa shape index (κ2) is 9.67. The molecule has 3 aromatic rings. The molecule has 1 heterocycles. The highest BCUT2D eigenvalue weighted by Crippen LogP contribution is 2.19. The molecule has 0 saturated carbocycles. The Morgan fingerprint density at radius 1 is 0.967 bits per heavy atom. The van der Waals surface area contributed by atoms with Crippen molar-refractivity contribution < 1.29 is 18.5 Å². The van der Waals surface area contributed by atoms with Gasteiger partial charge in [0.15, 0.2) is 6.61 Å². The van der Waals surface area contributed by atoms with Crippen LogP contribution < -0.4 is 0 Å². The van der Waals surface area contributed by atoms with Gasteiger partial charge in [-0.3, -0.25) is 9.00 Å². The molecule has 0 saturated heterocycles. The second-order valence-corrected chi connectivity index (χ2v) is 8.69. The summed E-state index contributed by atoms with van der Waals surface area (Å²) < 4.78 is 19.5. The summed E-state index contributed by atoms with van der Waals surface area (Å²) in [5.41, 5.74) is 3.73. The molecule has 0 aliphatic heterocycles. The average molecular weight is 424 g/mol. The summed E-state index contributed by atoms with van der Waals surface area (Å²) >= 11 is 0. The molecule has 30 heavy (non-hydrogen) atoms. The number of benzene rings is 2. The van der Waals surface area contributed by atoms with Crippen molar-refractivity contribution in [1.29, 1.82) is 0 Å². The first-order valence-electron chi connectivity index (χ1n) is 9.80. The standard InChI is InChI=1S/C24H25NO4S/c1-4-30(28)23-13-9-8-12-20(23)24(27)29-16-22(26)21-14-17(2)25(18(21)3)15-19-10-6-5-7-11-19/h5-14H,4,15-16H2,1-3H3/t30-/m1/s1. The fourth-order valence-electron chi connectivity index (χ4n) is 3.37. The molecule has 6 heteroatoms. The molecular formula is C24H25NO4S. The van der Waals surface area contributed by atoms with Crippen molar-refractivity contribution >= 4 is 22.6 Å². The van der Waals surface area contributed by atoms with Gasteiger partial charge >= 0.3 is 5.97 Å². The van der Waals surface area contributed by atoms with Crippen LogP contribution in [-0.2, 0) is 22.1 Å². The van der Waals surface area contributed by atoms with E-state index in [-0.39, 0.29) is 18.0 Å². The topological polar surface area (TPSA) is 65.4 Å². The maximum Gasteiger partial charge on any atom is 0.339 e. The molecule has 0 spiro atoms. The summed E-state index contributed by atoms with van der Waals surface area (Å²) in [6, 6.07) is 18.5. The second-order valence-electron chi connectivity index (χ2n) is 6.99. The summed E-state index contributed by atoms with van der Waals surface area (Å²) in [6.45, 7) is 5.94. The zero-order chi connectivity index (χ0) is 21.7. The summed E-state index contributed by atoms with van der Waals surface area (Å²) in [7, 11) is -1.28. The Balaban J connectivity index is 1.72. The van der Waals surface area contributed by atoms with Crippen molar-refractivity contribution in [3.63, 3.8) is 0 Å². The van der Waals surface area contributed by atoms with Gasteiger partial charge in [-0.2, -0.15) is 0 Å². The number of carbonyl (C=O) groups is 2. The van der Waals surface area contributed by atoms with E-state index in [0.717, 1.165) is 17.0 Å². The fourth-order valence-corrected chi connectivity index (χ4v) is 4.31. The molecule has 1 atom stereocenters. The van der Waals surface area contributed by atoms with Gasteiger partial charge in [-0.15, -0.1) is 0 Å². The Kier molecular flexibility index (Phi) is 7.00. The van der Waals surface area contributed by atoms with Crippen LogP contribution in [0.3, 0.4) is 0 Å². The number of ether oxygens (including phenoxy) is 1. The van der Waals surface area contributed by atoms with Crippen LogP contribution in [-0.4, -0.2) is 32.9 Å². The van der Waals surface area contributed by atoms with Crippen LogP contribution >= 0.6 is 0 Å². The molecule has 0 radical (unpaired) electrons. The van der Waals surface area contributed by atoms with Gasteiger partial charge in [0.25, 0.3) is 0 Å². The van der Waals surface area contributed by atoms with Crippen molar-refractivity contribution in [1.82, 2.24) is 4.57 Å². The fraction of sp³-hybridized carbons (Fsp3) is 0.250. The van der Waals surface area contributed by atoms with E-state index in [0.29, 0.717) is 22.8 Å². The van der Waals surface area contributed by atoms with Crippen LogP contribution in [0.2, 0.25) is 0 Å². The Hall–Kier alpha value is -2.99. The summed E-state index contributed by atoms with van der Waals surface area (Å²) in [6.07, 6.45) is 0. The number of rotatable bonds is 8. The van der Waals surface area contributed by atoms with E-state index < -0.39 is 16.8 Å². The van der Waals surface area contributed by atoms with E-state index in [1.807, 2.05) is 50.2 Å². The monoisotopic (exact) mass is 423 g/mol. The van der Waals surface area contributed by atoms with E-state index in [4.69, 9.17) is 4.74 Å². The zero-order valence-corrected chi connectivity index (χ0v) is 18.2. The number of carbonyl (C=O) groups excluding carboxylic acids is 2. The summed E-state index contributed by atoms with van der Waals surface area (Å²) in [5, 5.41) is 0. The third-order valence-corrected chi connectivity index (χ3v) is 6.38. The number of aromatic nitrogens is 1. The highest BCUT2D eigenvalue weighted by molar-refractivity contribution is 7.85. The van der Waals surface area contributed by atoms with Crippen LogP contribution in [0.4, 0.5) is 0 Å². The molecule has 3 rings (SSSR count). The molecule has 156 valence electrons. The molecule has 0 fully saturated rings. The van der Waals surface area contributed by atoms with Crippen LogP contribution in [0.5, 0.6) is 0 Å². The maximum absolute atomic E-state index is 12.7. The Morgan fingerprint density at radius 2 is 1.63 bits per heavy atom. The molecule has 0 bridgehead atoms. The van der Waals surface area contributed by atoms with Crippen LogP contribution in [0.15, 0.2) is 65.6 Å². The minimum absolute atomic E-state index is 0.236. The molecule has 0 aliphatic carbocycles. The van der Waals surface area contributed by atoms with Gasteiger partial charge in [0.1, 0.15) is 0 Å². The predicted molar refractivity (Wildman–Crippen MR) is 117 cm³/mol. The lowest BCUT2D eigenvalue weighted by molar-refractivity contribution is 0.0471. The summed E-state index contributed by atoms with van der Waals surface area (Å²) in [4.78, 5) is 25.7. The van der Waals surface area contributed by atoms with Gasteiger partial charge in [-0.25, -0.2) is 4.79 Å². The minimum atomic E-state index is -1.28. The van der Waals surface area contributed by atoms with Crippen LogP contribution in [0.1, 0.15) is 44.6 Å². The van der Waals surface area contributed by atoms with Crippen molar-refractivity contribution in [2.75, 3.05) is 12.4 Å². The van der Waals surface area contributed by atoms with Crippen molar-refractivity contribution in [2.24, 2.45) is 0 Å². The van der Waals surface area contributed by atoms with Crippen molar-refractivity contribution in [3.8, 4) is 0 Å². The maximum atomic E-state index is 12.7. The Bertz CT molecular complexity index is 1090. The molecule has 0 aliphatic rings. The predicted octanol–water partition coefficient (Wildman–Crippen LogP) is 4.32. The molecule has 5 nitrogen and oxygen atoms in total. The SMILES string of the molecule is CC[S@@](=O)c1ccccc1C(=O)OCC(=O)c1cc(C)n(Cc2ccccc2)c1C. The van der Waals surface area contributed by atoms with Crippen molar-refractivity contribution in [2.45, 2.75) is 32.2 Å². The van der Waals surface area contributed by atoms with Gasteiger partial charge < -0.3 is 9.30 Å². The van der Waals surface area contributed by atoms with Crippen molar-refractivity contribution in [3.05, 3.63) is 88.7 Å². The number of aryl methyl sites for hydroxylation is 1. The zero-order valence-electron chi connectivity index (χ0n) is 17.4. The van der Waals surface area contributed by atoms with Gasteiger partial charge in [0.05, 0.1) is 21.3 Å². The normalized spacial score (nSPS) is 11.8. The molecule has 0 unspecified atom stereocenters. The highest BCUT2D eigenvalue weighted by atomic mass is 32.2. The highest BCUT2D eigenvalue weighted by Gasteiger charge is 2.20. The minimum Gasteiger partial charge on any atom is -0.454 e. The molecule has 0 N–H and O–H groups in total. The van der Waals surface area contributed by atoms with E-state index in [1.54, 1.807) is 31.2 Å². The average Bonchev–Trinajstić information content (AvgIpc) is 3.05. The Morgan fingerprint density at radius 3 is 2.33 bits per heavy atom. The van der Waals surface area contributed by atoms with E-state index in [2.05, 4.69) is 4.57 Å². The quantitative estimate of drug-likeness (QED) is 0.400. The van der Waals surface area contributed by atoms with Crippen LogP contribution in [0.25, 0.3) is 0 Å². The number of ketones is 1. The number of esters is 1. The number of hydrogen-bond acceptors (Lipinski definition) is 4. The van der Waals surface area contributed by atoms with E-state index in [9.17, 15) is 13.8 Å². The third-order valence-electron chi connectivity index (χ3n) is 5.01. The largest absolute Gasteiger partial charge is 0.454 e. The number of nitrogens with zero attached hydrogens (tertiary/aromatic N) is 1. The Labute approximate surface area is 179 Å². The number of hydrogen-bond donors (Lipinski definition) is 0. The van der Waals surface area contributed by atoms with Gasteiger partial charge in [-0.05, 0) is 37.6 Å². The lowest BCUT2D eigenvalue weighted by atomic mass is 10.1. The van der Waals surface area contributed by atoms with Crippen LogP contribution in [0, 0.1) is 13.8 Å². The smallest absolute Gasteiger partial charge is 0.339 e.